The van der Waals surface area contributed by atoms with Crippen LogP contribution in [0.5, 0.6) is 0 Å². The molecule has 0 heterocycles. The molecule has 2 N–H and O–H groups in total. The van der Waals surface area contributed by atoms with E-state index < -0.39 is 6.04 Å². The van der Waals surface area contributed by atoms with Crippen LogP contribution in [0, 0.1) is 0 Å². The summed E-state index contributed by atoms with van der Waals surface area (Å²) >= 11 is 12.1. The van der Waals surface area contributed by atoms with E-state index in [1.165, 1.54) is 0 Å². The second-order valence-electron chi connectivity index (χ2n) is 4.59. The highest BCUT2D eigenvalue weighted by atomic mass is 35.5. The van der Waals surface area contributed by atoms with Gasteiger partial charge in [-0.2, -0.15) is 0 Å². The van der Waals surface area contributed by atoms with Gasteiger partial charge in [0.1, 0.15) is 0 Å². The molecule has 0 spiro atoms. The Labute approximate surface area is 133 Å². The Morgan fingerprint density at radius 2 is 1.67 bits per heavy atom. The molecule has 0 aliphatic heterocycles. The Bertz CT molecular complexity index is 597. The molecule has 1 amide bonds. The molecule has 2 rings (SSSR count). The largest absolute Gasteiger partial charge is 0.394 e. The zero-order valence-electron chi connectivity index (χ0n) is 11.2. The summed E-state index contributed by atoms with van der Waals surface area (Å²) in [5.74, 6) is -0.243. The van der Waals surface area contributed by atoms with Crippen molar-refractivity contribution in [1.82, 2.24) is 5.32 Å². The Balaban J connectivity index is 2.07. The number of halogens is 2. The van der Waals surface area contributed by atoms with Gasteiger partial charge in [-0.3, -0.25) is 4.79 Å². The van der Waals surface area contributed by atoms with Crippen LogP contribution in [0.25, 0.3) is 0 Å². The molecule has 5 heteroatoms. The van der Waals surface area contributed by atoms with Gasteiger partial charge in [-0.25, -0.2) is 0 Å². The van der Waals surface area contributed by atoms with Gasteiger partial charge in [0.25, 0.3) is 0 Å². The van der Waals surface area contributed by atoms with Crippen LogP contribution in [0.3, 0.4) is 0 Å². The van der Waals surface area contributed by atoms with E-state index >= 15 is 0 Å². The Kier molecular flexibility index (Phi) is 5.62. The number of hydrogen-bond acceptors (Lipinski definition) is 2. The van der Waals surface area contributed by atoms with Crippen LogP contribution in [0.15, 0.2) is 48.5 Å². The van der Waals surface area contributed by atoms with Crippen molar-refractivity contribution in [2.75, 3.05) is 6.61 Å². The third-order valence-electron chi connectivity index (χ3n) is 3.12. The molecule has 1 atom stereocenters. The van der Waals surface area contributed by atoms with Crippen molar-refractivity contribution in [3.8, 4) is 0 Å². The molecule has 0 fully saturated rings. The maximum Gasteiger partial charge on any atom is 0.225 e. The van der Waals surface area contributed by atoms with E-state index in [2.05, 4.69) is 5.32 Å². The fourth-order valence-electron chi connectivity index (χ4n) is 2.03. The molecule has 3 nitrogen and oxygen atoms in total. The average Bonchev–Trinajstić information content (AvgIpc) is 2.49. The number of aliphatic hydroxyl groups is 1. The van der Waals surface area contributed by atoms with Gasteiger partial charge >= 0.3 is 0 Å². The second kappa shape index (κ2) is 7.46. The number of hydrogen-bond donors (Lipinski definition) is 2. The summed E-state index contributed by atoms with van der Waals surface area (Å²) in [6.07, 6.45) is 0.0713. The van der Waals surface area contributed by atoms with Crippen LogP contribution < -0.4 is 5.32 Å². The fourth-order valence-corrected chi connectivity index (χ4v) is 2.56. The van der Waals surface area contributed by atoms with Crippen molar-refractivity contribution in [2.45, 2.75) is 12.5 Å². The minimum atomic E-state index is -0.444. The third kappa shape index (κ3) is 4.21. The molecule has 0 radical (unpaired) electrons. The Hall–Kier alpha value is -1.55. The lowest BCUT2D eigenvalue weighted by molar-refractivity contribution is -0.121. The number of nitrogens with one attached hydrogen (secondary N) is 1. The monoisotopic (exact) mass is 323 g/mol. The second-order valence-corrected chi connectivity index (χ2v) is 5.40. The van der Waals surface area contributed by atoms with Crippen molar-refractivity contribution >= 4 is 29.1 Å². The molecule has 0 aliphatic rings. The number of carbonyl (C=O) groups excluding carboxylic acids is 1. The highest BCUT2D eigenvalue weighted by molar-refractivity contribution is 6.36. The van der Waals surface area contributed by atoms with E-state index in [4.69, 9.17) is 23.2 Å². The highest BCUT2D eigenvalue weighted by Gasteiger charge is 2.16. The predicted octanol–water partition coefficient (Wildman–Crippen LogP) is 3.39. The van der Waals surface area contributed by atoms with Gasteiger partial charge in [0.2, 0.25) is 5.91 Å². The van der Waals surface area contributed by atoms with Crippen molar-refractivity contribution in [3.63, 3.8) is 0 Å². The lowest BCUT2D eigenvalue weighted by Gasteiger charge is -2.17. The zero-order chi connectivity index (χ0) is 15.2. The van der Waals surface area contributed by atoms with E-state index in [0.29, 0.717) is 15.6 Å². The topological polar surface area (TPSA) is 49.3 Å². The zero-order valence-corrected chi connectivity index (χ0v) is 12.7. The number of amides is 1. The van der Waals surface area contributed by atoms with Crippen molar-refractivity contribution in [1.29, 1.82) is 0 Å². The lowest BCUT2D eigenvalue weighted by atomic mass is 10.1. The summed E-state index contributed by atoms with van der Waals surface area (Å²) in [6, 6.07) is 14.0. The van der Waals surface area contributed by atoms with E-state index in [1.54, 1.807) is 18.2 Å². The van der Waals surface area contributed by atoms with Crippen LogP contribution in [0.2, 0.25) is 10.0 Å². The summed E-state index contributed by atoms with van der Waals surface area (Å²) in [5, 5.41) is 13.1. The Morgan fingerprint density at radius 3 is 2.24 bits per heavy atom. The van der Waals surface area contributed by atoms with Crippen LogP contribution in [0.1, 0.15) is 17.2 Å². The molecule has 0 aromatic heterocycles. The fraction of sp³-hybridized carbons (Fsp3) is 0.188. The molecule has 0 aliphatic carbocycles. The summed E-state index contributed by atoms with van der Waals surface area (Å²) in [5.41, 5.74) is 1.43. The van der Waals surface area contributed by atoms with E-state index in [-0.39, 0.29) is 18.9 Å². The van der Waals surface area contributed by atoms with Crippen molar-refractivity contribution in [2.24, 2.45) is 0 Å². The van der Waals surface area contributed by atoms with E-state index in [1.807, 2.05) is 30.3 Å². The molecule has 110 valence electrons. The Morgan fingerprint density at radius 1 is 1.05 bits per heavy atom. The van der Waals surface area contributed by atoms with Crippen LogP contribution in [-0.4, -0.2) is 17.6 Å². The van der Waals surface area contributed by atoms with Crippen molar-refractivity contribution < 1.29 is 9.90 Å². The number of rotatable bonds is 5. The molecule has 0 bridgehead atoms. The van der Waals surface area contributed by atoms with Crippen molar-refractivity contribution in [3.05, 3.63) is 69.7 Å². The van der Waals surface area contributed by atoms with E-state index in [0.717, 1.165) is 5.56 Å². The number of benzene rings is 2. The number of aliphatic hydroxyl groups excluding tert-OH is 1. The third-order valence-corrected chi connectivity index (χ3v) is 3.83. The molecular formula is C16H15Cl2NO2. The molecule has 1 unspecified atom stereocenters. The van der Waals surface area contributed by atoms with Crippen LogP contribution >= 0.6 is 23.2 Å². The normalized spacial score (nSPS) is 12.0. The molecule has 0 saturated carbocycles. The van der Waals surface area contributed by atoms with Gasteiger partial charge in [-0.15, -0.1) is 0 Å². The van der Waals surface area contributed by atoms with Crippen LogP contribution in [-0.2, 0) is 11.2 Å². The first kappa shape index (κ1) is 15.8. The molecule has 21 heavy (non-hydrogen) atoms. The summed E-state index contributed by atoms with van der Waals surface area (Å²) in [7, 11) is 0. The van der Waals surface area contributed by atoms with Gasteiger partial charge in [0.15, 0.2) is 0 Å². The average molecular weight is 324 g/mol. The van der Waals surface area contributed by atoms with Gasteiger partial charge < -0.3 is 10.4 Å². The minimum Gasteiger partial charge on any atom is -0.394 e. The number of carbonyl (C=O) groups is 1. The van der Waals surface area contributed by atoms with E-state index in [9.17, 15) is 9.90 Å². The maximum absolute atomic E-state index is 12.1. The SMILES string of the molecule is O=C(Cc1c(Cl)cccc1Cl)NC(CO)c1ccccc1. The lowest BCUT2D eigenvalue weighted by Crippen LogP contribution is -2.32. The molecular weight excluding hydrogens is 309 g/mol. The standard InChI is InChI=1S/C16H15Cl2NO2/c17-13-7-4-8-14(18)12(13)9-16(21)19-15(10-20)11-5-2-1-3-6-11/h1-8,15,20H,9-10H2,(H,19,21). The first-order valence-electron chi connectivity index (χ1n) is 6.50. The first-order valence-corrected chi connectivity index (χ1v) is 7.25. The predicted molar refractivity (Wildman–Crippen MR) is 84.6 cm³/mol. The van der Waals surface area contributed by atoms with Gasteiger partial charge in [-0.1, -0.05) is 59.6 Å². The van der Waals surface area contributed by atoms with Crippen LogP contribution in [0.4, 0.5) is 0 Å². The smallest absolute Gasteiger partial charge is 0.225 e. The summed E-state index contributed by atoms with van der Waals surface area (Å²) < 4.78 is 0. The van der Waals surface area contributed by atoms with Gasteiger partial charge in [0.05, 0.1) is 19.1 Å². The summed E-state index contributed by atoms with van der Waals surface area (Å²) in [4.78, 5) is 12.1. The van der Waals surface area contributed by atoms with Gasteiger partial charge in [0, 0.05) is 10.0 Å². The summed E-state index contributed by atoms with van der Waals surface area (Å²) in [6.45, 7) is -0.175. The molecule has 0 saturated heterocycles. The highest BCUT2D eigenvalue weighted by Crippen LogP contribution is 2.25. The van der Waals surface area contributed by atoms with Gasteiger partial charge in [-0.05, 0) is 23.3 Å². The molecule has 2 aromatic carbocycles. The minimum absolute atomic E-state index is 0.0713. The maximum atomic E-state index is 12.1. The quantitative estimate of drug-likeness (QED) is 0.886. The molecule has 2 aromatic rings. The first-order chi connectivity index (χ1) is 10.1.